The summed E-state index contributed by atoms with van der Waals surface area (Å²) in [5, 5.41) is 0. The number of ether oxygens (including phenoxy) is 1. The minimum atomic E-state index is -0.411. The smallest absolute Gasteiger partial charge is 0.336 e. The fourth-order valence-electron chi connectivity index (χ4n) is 5.10. The number of Topliss-reactive ketones (excluding diaryl/α,β-unsaturated/α-hetero) is 1. The first-order valence-corrected chi connectivity index (χ1v) is 10.8. The van der Waals surface area contributed by atoms with Gasteiger partial charge in [-0.15, -0.1) is 0 Å². The van der Waals surface area contributed by atoms with Crippen molar-refractivity contribution in [1.82, 2.24) is 0 Å². The van der Waals surface area contributed by atoms with E-state index in [1.807, 2.05) is 31.2 Å². The van der Waals surface area contributed by atoms with E-state index in [4.69, 9.17) is 9.73 Å². The third-order valence-electron chi connectivity index (χ3n) is 6.49. The lowest BCUT2D eigenvalue weighted by atomic mass is 9.63. The van der Waals surface area contributed by atoms with Gasteiger partial charge in [-0.2, -0.15) is 0 Å². The Morgan fingerprint density at radius 2 is 1.68 bits per heavy atom. The molecule has 0 spiro atoms. The molecule has 160 valence electrons. The number of carbonyl (C=O) groups is 2. The van der Waals surface area contributed by atoms with Gasteiger partial charge in [-0.05, 0) is 47.9 Å². The summed E-state index contributed by atoms with van der Waals surface area (Å²) in [4.78, 5) is 30.7. The maximum atomic E-state index is 13.3. The summed E-state index contributed by atoms with van der Waals surface area (Å²) in [7, 11) is 1.38. The third kappa shape index (κ3) is 3.87. The van der Waals surface area contributed by atoms with Crippen LogP contribution < -0.4 is 0 Å². The van der Waals surface area contributed by atoms with Gasteiger partial charge in [-0.25, -0.2) is 4.79 Å². The second-order valence-electron chi connectivity index (χ2n) is 9.47. The maximum Gasteiger partial charge on any atom is 0.336 e. The van der Waals surface area contributed by atoms with Crippen molar-refractivity contribution < 1.29 is 14.3 Å². The third-order valence-corrected chi connectivity index (χ3v) is 6.49. The number of aliphatic imine (C=N–C) groups is 1. The van der Waals surface area contributed by atoms with E-state index in [9.17, 15) is 9.59 Å². The molecule has 0 amide bonds. The number of hydrogen-bond donors (Lipinski definition) is 0. The van der Waals surface area contributed by atoms with Crippen molar-refractivity contribution in [2.75, 3.05) is 7.11 Å². The number of esters is 1. The van der Waals surface area contributed by atoms with Crippen molar-refractivity contribution in [3.63, 3.8) is 0 Å². The number of benzene rings is 2. The molecule has 0 N–H and O–H groups in total. The number of fused-ring (bicyclic) bond motifs is 1. The molecule has 2 aromatic rings. The molecule has 1 saturated carbocycles. The first kappa shape index (κ1) is 21.2. The van der Waals surface area contributed by atoms with E-state index < -0.39 is 11.9 Å². The van der Waals surface area contributed by atoms with Crippen LogP contribution in [0.4, 0.5) is 0 Å². The van der Waals surface area contributed by atoms with E-state index in [1.165, 1.54) is 18.2 Å². The molecule has 4 heteroatoms. The summed E-state index contributed by atoms with van der Waals surface area (Å²) >= 11 is 0. The van der Waals surface area contributed by atoms with Gasteiger partial charge >= 0.3 is 5.97 Å². The molecule has 1 heterocycles. The molecule has 1 fully saturated rings. The average Bonchev–Trinajstić information content (AvgIpc) is 2.72. The fourth-order valence-corrected chi connectivity index (χ4v) is 5.10. The molecule has 0 saturated heterocycles. The highest BCUT2D eigenvalue weighted by Crippen LogP contribution is 2.47. The largest absolute Gasteiger partial charge is 0.466 e. The first-order valence-electron chi connectivity index (χ1n) is 10.8. The normalized spacial score (nSPS) is 22.6. The van der Waals surface area contributed by atoms with Gasteiger partial charge in [0.25, 0.3) is 0 Å². The molecular formula is C27H29NO3. The van der Waals surface area contributed by atoms with E-state index >= 15 is 0 Å². The summed E-state index contributed by atoms with van der Waals surface area (Å²) in [6.07, 6.45) is 1.25. The Bertz CT molecular complexity index is 1110. The molecule has 2 aromatic carbocycles. The molecule has 0 radical (unpaired) electrons. The Morgan fingerprint density at radius 3 is 2.32 bits per heavy atom. The molecule has 31 heavy (non-hydrogen) atoms. The Balaban J connectivity index is 1.81. The number of rotatable bonds is 3. The van der Waals surface area contributed by atoms with Gasteiger partial charge < -0.3 is 4.74 Å². The number of nitrogens with zero attached hydrogens (tertiary/aromatic N) is 1. The Kier molecular flexibility index (Phi) is 5.42. The van der Waals surface area contributed by atoms with Crippen LogP contribution in [-0.4, -0.2) is 24.6 Å². The van der Waals surface area contributed by atoms with E-state index in [1.54, 1.807) is 0 Å². The minimum Gasteiger partial charge on any atom is -0.466 e. The van der Waals surface area contributed by atoms with Crippen molar-refractivity contribution in [3.05, 3.63) is 70.9 Å². The van der Waals surface area contributed by atoms with Crippen LogP contribution in [0.25, 0.3) is 11.1 Å². The second kappa shape index (κ2) is 7.92. The number of carbonyl (C=O) groups excluding carboxylic acids is 2. The lowest BCUT2D eigenvalue weighted by Crippen LogP contribution is -2.44. The summed E-state index contributed by atoms with van der Waals surface area (Å²) in [5.41, 5.74) is 6.36. The van der Waals surface area contributed by atoms with Crippen molar-refractivity contribution in [1.29, 1.82) is 0 Å². The number of allylic oxidation sites excluding steroid dienone is 1. The molecule has 2 aliphatic rings. The standard InChI is InChI=1S/C27H29NO3/c1-16-8-6-7-9-20(16)18-10-12-19(13-11-18)24-23(26(30)31-5)17(2)28-21-14-27(3,4)15-22(29)25(21)24/h6-13,24-25H,14-15H2,1-5H3. The highest BCUT2D eigenvalue weighted by Gasteiger charge is 2.47. The Hall–Kier alpha value is -3.01. The van der Waals surface area contributed by atoms with Crippen LogP contribution in [0.1, 0.15) is 50.7 Å². The second-order valence-corrected chi connectivity index (χ2v) is 9.47. The molecule has 4 rings (SSSR count). The Morgan fingerprint density at radius 1 is 1.00 bits per heavy atom. The van der Waals surface area contributed by atoms with Crippen LogP contribution in [-0.2, 0) is 14.3 Å². The SMILES string of the molecule is COC(=O)C1=C(C)N=C2CC(C)(C)CC(=O)C2C1c1ccc(-c2ccccc2C)cc1. The molecule has 4 nitrogen and oxygen atoms in total. The van der Waals surface area contributed by atoms with Gasteiger partial charge in [0, 0.05) is 23.7 Å². The van der Waals surface area contributed by atoms with E-state index in [2.05, 4.69) is 45.0 Å². The molecule has 0 aromatic heterocycles. The van der Waals surface area contributed by atoms with E-state index in [-0.39, 0.29) is 17.1 Å². The summed E-state index contributed by atoms with van der Waals surface area (Å²) in [6, 6.07) is 16.5. The number of hydrogen-bond acceptors (Lipinski definition) is 4. The highest BCUT2D eigenvalue weighted by atomic mass is 16.5. The predicted octanol–water partition coefficient (Wildman–Crippen LogP) is 5.65. The number of ketones is 1. The summed E-state index contributed by atoms with van der Waals surface area (Å²) in [5.74, 6) is -1.03. The van der Waals surface area contributed by atoms with E-state index in [0.29, 0.717) is 17.7 Å². The number of aryl methyl sites for hydroxylation is 1. The Labute approximate surface area is 184 Å². The molecule has 1 aliphatic heterocycles. The zero-order valence-electron chi connectivity index (χ0n) is 18.9. The zero-order chi connectivity index (χ0) is 22.3. The lowest BCUT2D eigenvalue weighted by molar-refractivity contribution is -0.136. The van der Waals surface area contributed by atoms with Crippen LogP contribution >= 0.6 is 0 Å². The van der Waals surface area contributed by atoms with Gasteiger partial charge in [0.15, 0.2) is 0 Å². The predicted molar refractivity (Wildman–Crippen MR) is 123 cm³/mol. The number of methoxy groups -OCH3 is 1. The van der Waals surface area contributed by atoms with Crippen molar-refractivity contribution >= 4 is 17.5 Å². The van der Waals surface area contributed by atoms with Crippen molar-refractivity contribution in [3.8, 4) is 11.1 Å². The molecule has 0 bridgehead atoms. The summed E-state index contributed by atoms with van der Waals surface area (Å²) in [6.45, 7) is 8.14. The van der Waals surface area contributed by atoms with Crippen LogP contribution in [0.2, 0.25) is 0 Å². The fraction of sp³-hybridized carbons (Fsp3) is 0.370. The zero-order valence-corrected chi connectivity index (χ0v) is 18.9. The van der Waals surface area contributed by atoms with Crippen LogP contribution in [0.5, 0.6) is 0 Å². The molecule has 1 aliphatic carbocycles. The van der Waals surface area contributed by atoms with Crippen molar-refractivity contribution in [2.45, 2.75) is 46.5 Å². The topological polar surface area (TPSA) is 55.7 Å². The van der Waals surface area contributed by atoms with Gasteiger partial charge in [0.05, 0.1) is 18.6 Å². The van der Waals surface area contributed by atoms with Crippen LogP contribution in [0.15, 0.2) is 64.8 Å². The highest BCUT2D eigenvalue weighted by molar-refractivity contribution is 6.12. The van der Waals surface area contributed by atoms with Crippen LogP contribution in [0, 0.1) is 18.3 Å². The van der Waals surface area contributed by atoms with E-state index in [0.717, 1.165) is 23.3 Å². The monoisotopic (exact) mass is 415 g/mol. The molecule has 2 atom stereocenters. The molecule has 2 unspecified atom stereocenters. The molecular weight excluding hydrogens is 386 g/mol. The van der Waals surface area contributed by atoms with Gasteiger partial charge in [-0.3, -0.25) is 9.79 Å². The van der Waals surface area contributed by atoms with Crippen molar-refractivity contribution in [2.24, 2.45) is 16.3 Å². The maximum absolute atomic E-state index is 13.3. The van der Waals surface area contributed by atoms with Gasteiger partial charge in [0.2, 0.25) is 0 Å². The quantitative estimate of drug-likeness (QED) is 0.609. The average molecular weight is 416 g/mol. The summed E-state index contributed by atoms with van der Waals surface area (Å²) < 4.78 is 5.10. The van der Waals surface area contributed by atoms with Gasteiger partial charge in [-0.1, -0.05) is 62.4 Å². The first-order chi connectivity index (χ1) is 14.7. The van der Waals surface area contributed by atoms with Gasteiger partial charge in [0.1, 0.15) is 5.78 Å². The van der Waals surface area contributed by atoms with Crippen LogP contribution in [0.3, 0.4) is 0 Å². The minimum absolute atomic E-state index is 0.116. The lowest BCUT2D eigenvalue weighted by Gasteiger charge is -2.41.